The fraction of sp³-hybridized carbons (Fsp3) is 0.600. The average Bonchev–Trinajstić information content (AvgIpc) is 2.42. The zero-order valence-corrected chi connectivity index (χ0v) is 11.8. The van der Waals surface area contributed by atoms with Crippen molar-refractivity contribution in [2.75, 3.05) is 11.9 Å². The minimum absolute atomic E-state index is 0.0142. The molecule has 1 aliphatic carbocycles. The van der Waals surface area contributed by atoms with Crippen LogP contribution in [0.4, 0.5) is 5.82 Å². The number of hydrogen-bond donors (Lipinski definition) is 2. The van der Waals surface area contributed by atoms with E-state index in [4.69, 9.17) is 0 Å². The zero-order valence-electron chi connectivity index (χ0n) is 11.8. The maximum Gasteiger partial charge on any atom is 0.251 e. The van der Waals surface area contributed by atoms with Gasteiger partial charge in [-0.3, -0.25) is 4.79 Å². The number of aromatic nitrogens is 1. The number of nitrogens with one attached hydrogen (secondary N) is 2. The largest absolute Gasteiger partial charge is 0.370 e. The molecular formula is C15H23N3O. The van der Waals surface area contributed by atoms with Crippen LogP contribution in [0.5, 0.6) is 0 Å². The van der Waals surface area contributed by atoms with E-state index >= 15 is 0 Å². The van der Waals surface area contributed by atoms with E-state index in [9.17, 15) is 4.79 Å². The predicted octanol–water partition coefficient (Wildman–Crippen LogP) is 2.82. The summed E-state index contributed by atoms with van der Waals surface area (Å²) in [7, 11) is 0. The molecule has 0 bridgehead atoms. The molecule has 0 spiro atoms. The summed E-state index contributed by atoms with van der Waals surface area (Å²) in [5, 5.41) is 6.28. The summed E-state index contributed by atoms with van der Waals surface area (Å²) >= 11 is 0. The fourth-order valence-electron chi connectivity index (χ4n) is 2.63. The molecule has 2 atom stereocenters. The molecule has 2 N–H and O–H groups in total. The van der Waals surface area contributed by atoms with Gasteiger partial charge in [-0.2, -0.15) is 0 Å². The second-order valence-electron chi connectivity index (χ2n) is 5.30. The second kappa shape index (κ2) is 6.55. The van der Waals surface area contributed by atoms with Gasteiger partial charge in [0.2, 0.25) is 0 Å². The number of hydrogen-bond acceptors (Lipinski definition) is 3. The molecule has 4 heteroatoms. The lowest BCUT2D eigenvalue weighted by atomic mass is 9.86. The SMILES string of the molecule is CCNc1cc(C(=O)NC2CCCCC2C)ccn1. The Balaban J connectivity index is 2.00. The first-order valence-electron chi connectivity index (χ1n) is 7.21. The Kier molecular flexibility index (Phi) is 4.77. The quantitative estimate of drug-likeness (QED) is 0.876. The van der Waals surface area contributed by atoms with Crippen LogP contribution in [0, 0.1) is 5.92 Å². The highest BCUT2D eigenvalue weighted by atomic mass is 16.1. The summed E-state index contributed by atoms with van der Waals surface area (Å²) in [6.07, 6.45) is 6.49. The summed E-state index contributed by atoms with van der Waals surface area (Å²) in [5.74, 6) is 1.35. The first-order chi connectivity index (χ1) is 9.20. The third-order valence-corrected chi connectivity index (χ3v) is 3.81. The van der Waals surface area contributed by atoms with Crippen molar-refractivity contribution in [3.8, 4) is 0 Å². The Hall–Kier alpha value is -1.58. The van der Waals surface area contributed by atoms with E-state index in [1.54, 1.807) is 12.3 Å². The van der Waals surface area contributed by atoms with E-state index in [1.165, 1.54) is 19.3 Å². The highest BCUT2D eigenvalue weighted by Crippen LogP contribution is 2.24. The van der Waals surface area contributed by atoms with Crippen LogP contribution in [0.15, 0.2) is 18.3 Å². The van der Waals surface area contributed by atoms with Crippen molar-refractivity contribution in [2.24, 2.45) is 5.92 Å². The number of amides is 1. The minimum Gasteiger partial charge on any atom is -0.370 e. The molecule has 1 heterocycles. The Morgan fingerprint density at radius 1 is 1.42 bits per heavy atom. The molecule has 2 rings (SSSR count). The van der Waals surface area contributed by atoms with Gasteiger partial charge in [-0.15, -0.1) is 0 Å². The third-order valence-electron chi connectivity index (χ3n) is 3.81. The Labute approximate surface area is 115 Å². The van der Waals surface area contributed by atoms with Crippen LogP contribution in [0.1, 0.15) is 49.9 Å². The van der Waals surface area contributed by atoms with Crippen LogP contribution in [-0.2, 0) is 0 Å². The van der Waals surface area contributed by atoms with E-state index in [2.05, 4.69) is 22.5 Å². The fourth-order valence-corrected chi connectivity index (χ4v) is 2.63. The van der Waals surface area contributed by atoms with Gasteiger partial charge in [0.05, 0.1) is 0 Å². The van der Waals surface area contributed by atoms with Crippen molar-refractivity contribution in [1.82, 2.24) is 10.3 Å². The van der Waals surface area contributed by atoms with E-state index in [0.717, 1.165) is 18.8 Å². The smallest absolute Gasteiger partial charge is 0.251 e. The molecule has 104 valence electrons. The summed E-state index contributed by atoms with van der Waals surface area (Å²) in [6, 6.07) is 3.90. The van der Waals surface area contributed by atoms with Gasteiger partial charge in [0.1, 0.15) is 5.82 Å². The Bertz CT molecular complexity index is 433. The van der Waals surface area contributed by atoms with Gasteiger partial charge in [-0.05, 0) is 37.8 Å². The van der Waals surface area contributed by atoms with Crippen LogP contribution in [0.3, 0.4) is 0 Å². The molecule has 1 saturated carbocycles. The van der Waals surface area contributed by atoms with E-state index < -0.39 is 0 Å². The van der Waals surface area contributed by atoms with Crippen molar-refractivity contribution < 1.29 is 4.79 Å². The van der Waals surface area contributed by atoms with Crippen LogP contribution < -0.4 is 10.6 Å². The lowest BCUT2D eigenvalue weighted by molar-refractivity contribution is 0.0910. The summed E-state index contributed by atoms with van der Waals surface area (Å²) in [6.45, 7) is 5.04. The zero-order chi connectivity index (χ0) is 13.7. The number of pyridine rings is 1. The lowest BCUT2D eigenvalue weighted by Crippen LogP contribution is -2.41. The van der Waals surface area contributed by atoms with Crippen molar-refractivity contribution in [2.45, 2.75) is 45.6 Å². The maximum absolute atomic E-state index is 12.2. The van der Waals surface area contributed by atoms with Gasteiger partial charge in [-0.25, -0.2) is 4.98 Å². The molecule has 1 aliphatic rings. The van der Waals surface area contributed by atoms with E-state index in [-0.39, 0.29) is 5.91 Å². The first kappa shape index (κ1) is 13.8. The topological polar surface area (TPSA) is 54.0 Å². The highest BCUT2D eigenvalue weighted by molar-refractivity contribution is 5.95. The molecule has 1 aromatic rings. The molecule has 0 saturated heterocycles. The van der Waals surface area contributed by atoms with Gasteiger partial charge in [0, 0.05) is 24.3 Å². The van der Waals surface area contributed by atoms with Crippen molar-refractivity contribution in [1.29, 1.82) is 0 Å². The van der Waals surface area contributed by atoms with Gasteiger partial charge in [0.15, 0.2) is 0 Å². The van der Waals surface area contributed by atoms with Gasteiger partial charge < -0.3 is 10.6 Å². The Morgan fingerprint density at radius 3 is 2.95 bits per heavy atom. The minimum atomic E-state index is 0.0142. The molecular weight excluding hydrogens is 238 g/mol. The first-order valence-corrected chi connectivity index (χ1v) is 7.21. The third kappa shape index (κ3) is 3.69. The normalized spacial score (nSPS) is 22.8. The summed E-state index contributed by atoms with van der Waals surface area (Å²) < 4.78 is 0. The number of nitrogens with zero attached hydrogens (tertiary/aromatic N) is 1. The highest BCUT2D eigenvalue weighted by Gasteiger charge is 2.23. The van der Waals surface area contributed by atoms with Gasteiger partial charge in [-0.1, -0.05) is 19.8 Å². The number of anilines is 1. The van der Waals surface area contributed by atoms with Crippen LogP contribution in [-0.4, -0.2) is 23.5 Å². The molecule has 0 aromatic carbocycles. The molecule has 19 heavy (non-hydrogen) atoms. The number of carbonyl (C=O) groups is 1. The van der Waals surface area contributed by atoms with Crippen molar-refractivity contribution >= 4 is 11.7 Å². The van der Waals surface area contributed by atoms with Crippen LogP contribution in [0.25, 0.3) is 0 Å². The lowest BCUT2D eigenvalue weighted by Gasteiger charge is -2.29. The molecule has 0 aliphatic heterocycles. The summed E-state index contributed by atoms with van der Waals surface area (Å²) in [4.78, 5) is 16.4. The molecule has 0 radical (unpaired) electrons. The summed E-state index contributed by atoms with van der Waals surface area (Å²) in [5.41, 5.74) is 0.684. The van der Waals surface area contributed by atoms with E-state index in [0.29, 0.717) is 17.5 Å². The standard InChI is InChI=1S/C15H23N3O/c1-3-16-14-10-12(8-9-17-14)15(19)18-13-7-5-4-6-11(13)2/h8-11,13H,3-7H2,1-2H3,(H,16,17)(H,18,19). The molecule has 2 unspecified atom stereocenters. The van der Waals surface area contributed by atoms with Gasteiger partial charge in [0.25, 0.3) is 5.91 Å². The van der Waals surface area contributed by atoms with Crippen LogP contribution >= 0.6 is 0 Å². The Morgan fingerprint density at radius 2 is 2.21 bits per heavy atom. The average molecular weight is 261 g/mol. The second-order valence-corrected chi connectivity index (χ2v) is 5.30. The van der Waals surface area contributed by atoms with Crippen LogP contribution in [0.2, 0.25) is 0 Å². The van der Waals surface area contributed by atoms with Gasteiger partial charge >= 0.3 is 0 Å². The molecule has 1 amide bonds. The van der Waals surface area contributed by atoms with Crippen molar-refractivity contribution in [3.05, 3.63) is 23.9 Å². The molecule has 4 nitrogen and oxygen atoms in total. The van der Waals surface area contributed by atoms with Crippen molar-refractivity contribution in [3.63, 3.8) is 0 Å². The monoisotopic (exact) mass is 261 g/mol. The van der Waals surface area contributed by atoms with E-state index in [1.807, 2.05) is 13.0 Å². The predicted molar refractivity (Wildman–Crippen MR) is 77.3 cm³/mol. The maximum atomic E-state index is 12.2. The number of rotatable bonds is 4. The number of carbonyl (C=O) groups excluding carboxylic acids is 1. The molecule has 1 fully saturated rings. The molecule has 1 aromatic heterocycles.